The van der Waals surface area contributed by atoms with Gasteiger partial charge in [-0.1, -0.05) is 12.7 Å². The predicted molar refractivity (Wildman–Crippen MR) is 268 cm³/mol. The number of ether oxygens (including phenoxy) is 4. The second-order valence-corrected chi connectivity index (χ2v) is 18.2. The molecule has 0 aromatic heterocycles. The average molecular weight is 951 g/mol. The molecule has 5 rings (SSSR count). The molecule has 0 bridgehead atoms. The number of hydrogen-bond donors (Lipinski definition) is 5. The fraction of sp³-hybridized carbons (Fsp3) is 0.278. The van der Waals surface area contributed by atoms with Crippen LogP contribution in [0.3, 0.4) is 0 Å². The third-order valence-electron chi connectivity index (χ3n) is 9.76. The van der Waals surface area contributed by atoms with Gasteiger partial charge in [-0.2, -0.15) is 5.26 Å². The summed E-state index contributed by atoms with van der Waals surface area (Å²) in [5, 5.41) is 23.0. The molecule has 2 atom stereocenters. The number of hydrogen-bond acceptors (Lipinski definition) is 11. The molecule has 0 fully saturated rings. The predicted octanol–water partition coefficient (Wildman–Crippen LogP) is 9.56. The number of anilines is 4. The van der Waals surface area contributed by atoms with E-state index in [9.17, 15) is 28.8 Å². The highest BCUT2D eigenvalue weighted by Crippen LogP contribution is 2.40. The zero-order chi connectivity index (χ0) is 51.3. The Morgan fingerprint density at radius 2 is 1.09 bits per heavy atom. The number of carbonyl (C=O) groups excluding carboxylic acids is 6. The van der Waals surface area contributed by atoms with Crippen LogP contribution in [0.15, 0.2) is 122 Å². The smallest absolute Gasteiger partial charge is 0.338 e. The van der Waals surface area contributed by atoms with Gasteiger partial charge in [0, 0.05) is 33.8 Å². The fourth-order valence-electron chi connectivity index (χ4n) is 6.67. The van der Waals surface area contributed by atoms with Crippen molar-refractivity contribution >= 4 is 58.3 Å². The third-order valence-corrected chi connectivity index (χ3v) is 9.76. The van der Waals surface area contributed by atoms with Crippen LogP contribution < -0.4 is 36.1 Å². The van der Waals surface area contributed by atoms with E-state index in [0.29, 0.717) is 33.8 Å². The van der Waals surface area contributed by atoms with Crippen molar-refractivity contribution in [1.82, 2.24) is 5.32 Å². The second-order valence-electron chi connectivity index (χ2n) is 18.2. The summed E-state index contributed by atoms with van der Waals surface area (Å²) in [5.41, 5.74) is 1.64. The highest BCUT2D eigenvalue weighted by Gasteiger charge is 2.32. The van der Waals surface area contributed by atoms with Gasteiger partial charge in [0.05, 0.1) is 46.3 Å². The molecule has 364 valence electrons. The first-order valence-corrected chi connectivity index (χ1v) is 22.4. The van der Waals surface area contributed by atoms with Gasteiger partial charge >= 0.3 is 5.97 Å². The number of nitrogens with zero attached hydrogens (tertiary/aromatic N) is 1. The number of carbonyl (C=O) groups is 6. The number of nitriles is 1. The lowest BCUT2D eigenvalue weighted by Gasteiger charge is -2.30. The highest BCUT2D eigenvalue weighted by atomic mass is 16.6. The Hall–Kier alpha value is -8.29. The number of rotatable bonds is 18. The third kappa shape index (κ3) is 15.1. The van der Waals surface area contributed by atoms with E-state index in [4.69, 9.17) is 24.2 Å². The number of nitrogens with one attached hydrogen (secondary N) is 5. The first-order valence-electron chi connectivity index (χ1n) is 22.4. The van der Waals surface area contributed by atoms with Crippen molar-refractivity contribution < 1.29 is 47.7 Å². The van der Waals surface area contributed by atoms with Gasteiger partial charge in [0.25, 0.3) is 23.6 Å². The van der Waals surface area contributed by atoms with Crippen molar-refractivity contribution in [2.45, 2.75) is 91.8 Å². The molecule has 5 N–H and O–H groups in total. The summed E-state index contributed by atoms with van der Waals surface area (Å²) < 4.78 is 23.7. The summed E-state index contributed by atoms with van der Waals surface area (Å²) in [5.74, 6) is -2.98. The van der Waals surface area contributed by atoms with Crippen molar-refractivity contribution in [2.75, 3.05) is 27.9 Å². The Balaban J connectivity index is 1.29. The maximum Gasteiger partial charge on any atom is 0.338 e. The SMILES string of the molecule is C=CCOc1c(C(=O)Nc2ccc(C(=O)OC(C)(C)C)cc2)ccc(NC(=O)c2ccc(NC(=O)[C@@H](NC(=O)c3ccc(NC(=O)c4ccc(C#N)cc4)cc3)[C@H](C)OC(C)(C)C)cc2)c1OC(C)C. The standard InChI is InChI=1S/C54H58N6O10/c1-11-30-67-45-42(50(64)57-40-26-20-38(21-27-40)52(66)70-54(8,9)10)28-29-43(46(45)68-32(2)3)59-48(62)36-16-24-41(25-17-36)58-51(65)44(33(4)69-53(5,6)7)60-49(63)37-18-22-39(23-19-37)56-47(61)35-14-12-34(31-55)13-15-35/h11-29,32-33,44H,1,30H2,2-10H3,(H,56,61)(H,57,64)(H,58,65)(H,59,62)(H,60,63)/t33-,44-/m0/s1. The van der Waals surface area contributed by atoms with Crippen molar-refractivity contribution in [3.05, 3.63) is 155 Å². The summed E-state index contributed by atoms with van der Waals surface area (Å²) >= 11 is 0. The van der Waals surface area contributed by atoms with Crippen LogP contribution in [0.5, 0.6) is 11.5 Å². The lowest BCUT2D eigenvalue weighted by molar-refractivity contribution is -0.125. The van der Waals surface area contributed by atoms with Crippen LogP contribution in [-0.2, 0) is 14.3 Å². The van der Waals surface area contributed by atoms with E-state index in [1.54, 1.807) is 90.1 Å². The summed E-state index contributed by atoms with van der Waals surface area (Å²) in [6.45, 7) is 19.7. The summed E-state index contributed by atoms with van der Waals surface area (Å²) in [6.07, 6.45) is 0.299. The largest absolute Gasteiger partial charge is 0.485 e. The Bertz CT molecular complexity index is 2750. The van der Waals surface area contributed by atoms with Gasteiger partial charge in [-0.05, 0) is 172 Å². The normalized spacial score (nSPS) is 12.0. The van der Waals surface area contributed by atoms with Crippen LogP contribution in [0.25, 0.3) is 0 Å². The molecule has 5 aromatic carbocycles. The molecule has 0 radical (unpaired) electrons. The Labute approximate surface area is 407 Å². The number of amides is 5. The molecule has 0 aliphatic heterocycles. The first kappa shape index (κ1) is 52.7. The van der Waals surface area contributed by atoms with Gasteiger partial charge in [0.2, 0.25) is 5.91 Å². The molecule has 16 heteroatoms. The molecule has 16 nitrogen and oxygen atoms in total. The molecule has 0 unspecified atom stereocenters. The molecule has 0 aliphatic carbocycles. The topological polar surface area (TPSA) is 223 Å². The van der Waals surface area contributed by atoms with Crippen LogP contribution in [0.4, 0.5) is 22.7 Å². The van der Waals surface area contributed by atoms with E-state index in [2.05, 4.69) is 33.2 Å². The maximum atomic E-state index is 13.9. The van der Waals surface area contributed by atoms with Crippen molar-refractivity contribution in [2.24, 2.45) is 0 Å². The molecule has 70 heavy (non-hydrogen) atoms. The van der Waals surface area contributed by atoms with Crippen LogP contribution in [0.1, 0.15) is 120 Å². The highest BCUT2D eigenvalue weighted by molar-refractivity contribution is 6.10. The molecule has 5 amide bonds. The Morgan fingerprint density at radius 1 is 0.600 bits per heavy atom. The lowest BCUT2D eigenvalue weighted by Crippen LogP contribution is -2.52. The van der Waals surface area contributed by atoms with Gasteiger partial charge < -0.3 is 45.5 Å². The van der Waals surface area contributed by atoms with E-state index in [0.717, 1.165) is 0 Å². The van der Waals surface area contributed by atoms with Crippen molar-refractivity contribution in [3.8, 4) is 17.6 Å². The fourth-order valence-corrected chi connectivity index (χ4v) is 6.67. The average Bonchev–Trinajstić information content (AvgIpc) is 3.30. The second kappa shape index (κ2) is 23.1. The number of esters is 1. The molecular weight excluding hydrogens is 893 g/mol. The van der Waals surface area contributed by atoms with Gasteiger partial charge in [-0.3, -0.25) is 24.0 Å². The van der Waals surface area contributed by atoms with Crippen LogP contribution in [0.2, 0.25) is 0 Å². The van der Waals surface area contributed by atoms with Crippen LogP contribution in [0, 0.1) is 11.3 Å². The van der Waals surface area contributed by atoms with E-state index < -0.39 is 65.0 Å². The Morgan fingerprint density at radius 3 is 1.59 bits per heavy atom. The zero-order valence-electron chi connectivity index (χ0n) is 40.6. The summed E-state index contributed by atoms with van der Waals surface area (Å²) in [6, 6.07) is 28.4. The summed E-state index contributed by atoms with van der Waals surface area (Å²) in [7, 11) is 0. The monoisotopic (exact) mass is 950 g/mol. The molecular formula is C54H58N6O10. The molecule has 0 saturated carbocycles. The minimum atomic E-state index is -1.17. The lowest BCUT2D eigenvalue weighted by atomic mass is 10.1. The van der Waals surface area contributed by atoms with E-state index in [1.807, 2.05) is 26.8 Å². The minimum absolute atomic E-state index is 0.00638. The molecule has 0 spiro atoms. The van der Waals surface area contributed by atoms with Gasteiger partial charge in [0.15, 0.2) is 11.5 Å². The summed E-state index contributed by atoms with van der Waals surface area (Å²) in [4.78, 5) is 80.2. The molecule has 0 saturated heterocycles. The van der Waals surface area contributed by atoms with E-state index in [1.165, 1.54) is 66.7 Å². The maximum absolute atomic E-state index is 13.9. The van der Waals surface area contributed by atoms with Gasteiger partial charge in [-0.15, -0.1) is 0 Å². The molecule has 0 aliphatic rings. The Kier molecular flexibility index (Phi) is 17.4. The van der Waals surface area contributed by atoms with Crippen LogP contribution >= 0.6 is 0 Å². The van der Waals surface area contributed by atoms with Gasteiger partial charge in [0.1, 0.15) is 18.2 Å². The van der Waals surface area contributed by atoms with E-state index in [-0.39, 0.29) is 40.5 Å². The van der Waals surface area contributed by atoms with Gasteiger partial charge in [-0.25, -0.2) is 4.79 Å². The number of benzene rings is 5. The minimum Gasteiger partial charge on any atom is -0.485 e. The van der Waals surface area contributed by atoms with E-state index >= 15 is 0 Å². The quantitative estimate of drug-likeness (QED) is 0.0411. The molecule has 5 aromatic rings. The zero-order valence-corrected chi connectivity index (χ0v) is 40.6. The molecule has 0 heterocycles. The van der Waals surface area contributed by atoms with Crippen molar-refractivity contribution in [3.63, 3.8) is 0 Å². The van der Waals surface area contributed by atoms with Crippen LogP contribution in [-0.4, -0.2) is 71.6 Å². The van der Waals surface area contributed by atoms with Crippen molar-refractivity contribution in [1.29, 1.82) is 5.26 Å². The first-order chi connectivity index (χ1) is 33.0.